The summed E-state index contributed by atoms with van der Waals surface area (Å²) in [6, 6.07) is 4.32. The Hall–Kier alpha value is -2.44. The van der Waals surface area contributed by atoms with Gasteiger partial charge in [-0.1, -0.05) is 0 Å². The van der Waals surface area contributed by atoms with Crippen LogP contribution in [0, 0.1) is 23.2 Å². The number of amides is 2. The molecule has 6 nitrogen and oxygen atoms in total. The van der Waals surface area contributed by atoms with Gasteiger partial charge in [-0.15, -0.1) is 0 Å². The van der Waals surface area contributed by atoms with Crippen LogP contribution in [-0.2, 0) is 25.2 Å². The van der Waals surface area contributed by atoms with Gasteiger partial charge in [0.05, 0.1) is 46.4 Å². The molecule has 3 heterocycles. The van der Waals surface area contributed by atoms with E-state index in [4.69, 9.17) is 14.7 Å². The van der Waals surface area contributed by atoms with Crippen molar-refractivity contribution in [2.45, 2.75) is 43.8 Å². The highest BCUT2D eigenvalue weighted by Crippen LogP contribution is 2.61. The Balaban J connectivity index is 1.80. The molecule has 4 rings (SSSR count). The molecule has 0 aliphatic carbocycles. The van der Waals surface area contributed by atoms with E-state index in [-0.39, 0.29) is 5.69 Å². The highest BCUT2D eigenvalue weighted by molar-refractivity contribution is 6.23. The van der Waals surface area contributed by atoms with Gasteiger partial charge in [0.1, 0.15) is 5.60 Å². The first-order valence-electron chi connectivity index (χ1n) is 8.70. The SMILES string of the molecule is CO[C@@H]1C[C@]2(C)O[C@@]1(C)[C@H]1C(=O)N(c3ccc(C#N)c(C(F)(F)F)c3)C(=O)[C@H]12. The van der Waals surface area contributed by atoms with Crippen molar-refractivity contribution in [3.8, 4) is 6.07 Å². The molecule has 5 atom stereocenters. The molecule has 0 aromatic heterocycles. The normalized spacial score (nSPS) is 36.8. The Morgan fingerprint density at radius 1 is 1.25 bits per heavy atom. The lowest BCUT2D eigenvalue weighted by Gasteiger charge is -2.34. The number of alkyl halides is 3. The number of nitrogens with zero attached hydrogens (tertiary/aromatic N) is 2. The number of carbonyl (C=O) groups is 2. The lowest BCUT2D eigenvalue weighted by Crippen LogP contribution is -2.49. The van der Waals surface area contributed by atoms with Crippen LogP contribution in [0.1, 0.15) is 31.4 Å². The van der Waals surface area contributed by atoms with E-state index in [1.807, 2.05) is 0 Å². The van der Waals surface area contributed by atoms with Crippen molar-refractivity contribution in [1.29, 1.82) is 5.26 Å². The number of carbonyl (C=O) groups excluding carboxylic acids is 2. The third-order valence-corrected chi connectivity index (χ3v) is 6.24. The van der Waals surface area contributed by atoms with E-state index in [1.54, 1.807) is 13.8 Å². The van der Waals surface area contributed by atoms with Gasteiger partial charge in [-0.2, -0.15) is 18.4 Å². The maximum atomic E-state index is 13.3. The van der Waals surface area contributed by atoms with Crippen LogP contribution >= 0.6 is 0 Å². The topological polar surface area (TPSA) is 79.6 Å². The molecule has 0 N–H and O–H groups in total. The molecule has 3 fully saturated rings. The average molecular weight is 394 g/mol. The summed E-state index contributed by atoms with van der Waals surface area (Å²) in [4.78, 5) is 27.0. The molecule has 0 radical (unpaired) electrons. The predicted molar refractivity (Wildman–Crippen MR) is 88.9 cm³/mol. The van der Waals surface area contributed by atoms with Crippen molar-refractivity contribution in [2.24, 2.45) is 11.8 Å². The third-order valence-electron chi connectivity index (χ3n) is 6.24. The first-order valence-corrected chi connectivity index (χ1v) is 8.70. The summed E-state index contributed by atoms with van der Waals surface area (Å²) >= 11 is 0. The summed E-state index contributed by atoms with van der Waals surface area (Å²) in [7, 11) is 1.49. The van der Waals surface area contributed by atoms with Crippen molar-refractivity contribution in [3.05, 3.63) is 29.3 Å². The number of halogens is 3. The number of rotatable bonds is 2. The number of hydrogen-bond acceptors (Lipinski definition) is 5. The molecule has 0 saturated carbocycles. The van der Waals surface area contributed by atoms with Crippen molar-refractivity contribution in [3.63, 3.8) is 0 Å². The highest BCUT2D eigenvalue weighted by atomic mass is 19.4. The fraction of sp³-hybridized carbons (Fsp3) is 0.526. The third kappa shape index (κ3) is 2.22. The fourth-order valence-electron chi connectivity index (χ4n) is 5.07. The smallest absolute Gasteiger partial charge is 0.378 e. The Morgan fingerprint density at radius 3 is 2.46 bits per heavy atom. The van der Waals surface area contributed by atoms with Gasteiger partial charge in [-0.05, 0) is 32.0 Å². The minimum absolute atomic E-state index is 0.198. The van der Waals surface area contributed by atoms with Crippen LogP contribution in [0.4, 0.5) is 18.9 Å². The van der Waals surface area contributed by atoms with Gasteiger partial charge in [0.2, 0.25) is 11.8 Å². The van der Waals surface area contributed by atoms with Crippen LogP contribution in [0.5, 0.6) is 0 Å². The van der Waals surface area contributed by atoms with Gasteiger partial charge in [-0.3, -0.25) is 9.59 Å². The molecule has 3 saturated heterocycles. The van der Waals surface area contributed by atoms with Crippen molar-refractivity contribution in [1.82, 2.24) is 0 Å². The van der Waals surface area contributed by atoms with E-state index in [9.17, 15) is 22.8 Å². The Bertz CT molecular complexity index is 940. The molecule has 2 bridgehead atoms. The van der Waals surface area contributed by atoms with Crippen LogP contribution in [0.2, 0.25) is 0 Å². The summed E-state index contributed by atoms with van der Waals surface area (Å²) in [6.07, 6.45) is -4.78. The number of fused-ring (bicyclic) bond motifs is 5. The summed E-state index contributed by atoms with van der Waals surface area (Å²) in [6.45, 7) is 3.43. The molecule has 1 aromatic rings. The Morgan fingerprint density at radius 2 is 1.89 bits per heavy atom. The fourth-order valence-corrected chi connectivity index (χ4v) is 5.07. The van der Waals surface area contributed by atoms with Crippen LogP contribution in [0.3, 0.4) is 0 Å². The van der Waals surface area contributed by atoms with Gasteiger partial charge in [0.15, 0.2) is 0 Å². The highest BCUT2D eigenvalue weighted by Gasteiger charge is 2.76. The van der Waals surface area contributed by atoms with E-state index in [2.05, 4.69) is 0 Å². The first kappa shape index (κ1) is 18.9. The summed E-state index contributed by atoms with van der Waals surface area (Å²) in [5.41, 5.74) is -3.92. The van der Waals surface area contributed by atoms with Gasteiger partial charge in [-0.25, -0.2) is 4.90 Å². The number of benzene rings is 1. The van der Waals surface area contributed by atoms with Crippen molar-refractivity contribution >= 4 is 17.5 Å². The lowest BCUT2D eigenvalue weighted by atomic mass is 9.67. The standard InChI is InChI=1S/C19H17F3N2O4/c1-17-7-12(27-3)18(2,28-17)14-13(17)15(25)24(16(14)26)10-5-4-9(8-23)11(6-10)19(20,21)22/h4-6,12-14H,7H2,1-3H3/t12-,13+,14-,17+,18-/m1/s1. The molecule has 0 unspecified atom stereocenters. The number of methoxy groups -OCH3 is 1. The molecule has 2 amide bonds. The quantitative estimate of drug-likeness (QED) is 0.721. The van der Waals surface area contributed by atoms with Gasteiger partial charge in [0, 0.05) is 13.5 Å². The number of ether oxygens (including phenoxy) is 2. The lowest BCUT2D eigenvalue weighted by molar-refractivity contribution is -0.138. The number of nitriles is 1. The largest absolute Gasteiger partial charge is 0.417 e. The first-order chi connectivity index (χ1) is 13.0. The Labute approximate surface area is 158 Å². The molecule has 148 valence electrons. The Kier molecular flexibility index (Phi) is 3.75. The molecule has 0 spiro atoms. The van der Waals surface area contributed by atoms with E-state index in [0.717, 1.165) is 11.0 Å². The number of anilines is 1. The molecule has 3 aliphatic heterocycles. The summed E-state index contributed by atoms with van der Waals surface area (Å²) < 4.78 is 51.4. The zero-order valence-electron chi connectivity index (χ0n) is 15.3. The van der Waals surface area contributed by atoms with Crippen molar-refractivity contribution < 1.29 is 32.2 Å². The van der Waals surface area contributed by atoms with E-state index in [0.29, 0.717) is 12.5 Å². The van der Waals surface area contributed by atoms with E-state index in [1.165, 1.54) is 19.2 Å². The van der Waals surface area contributed by atoms with Crippen molar-refractivity contribution in [2.75, 3.05) is 12.0 Å². The average Bonchev–Trinajstić information content (AvgIpc) is 3.14. The van der Waals surface area contributed by atoms with Gasteiger partial charge in [0.25, 0.3) is 0 Å². The molecule has 1 aromatic carbocycles. The van der Waals surface area contributed by atoms with Crippen LogP contribution < -0.4 is 4.90 Å². The second kappa shape index (κ2) is 5.55. The van der Waals surface area contributed by atoms with Crippen LogP contribution in [0.15, 0.2) is 18.2 Å². The van der Waals surface area contributed by atoms with Gasteiger partial charge >= 0.3 is 6.18 Å². The molecular weight excluding hydrogens is 377 g/mol. The zero-order valence-corrected chi connectivity index (χ0v) is 15.3. The zero-order chi connectivity index (χ0) is 20.6. The molecular formula is C19H17F3N2O4. The van der Waals surface area contributed by atoms with Crippen LogP contribution in [0.25, 0.3) is 0 Å². The van der Waals surface area contributed by atoms with Gasteiger partial charge < -0.3 is 9.47 Å². The monoisotopic (exact) mass is 394 g/mol. The molecule has 28 heavy (non-hydrogen) atoms. The van der Waals surface area contributed by atoms with Crippen LogP contribution in [-0.4, -0.2) is 36.2 Å². The maximum absolute atomic E-state index is 13.3. The molecule has 3 aliphatic rings. The second-order valence-corrected chi connectivity index (χ2v) is 7.83. The number of imide groups is 1. The minimum Gasteiger partial charge on any atom is -0.378 e. The second-order valence-electron chi connectivity index (χ2n) is 7.83. The summed E-state index contributed by atoms with van der Waals surface area (Å²) in [5, 5.41) is 8.95. The predicted octanol–water partition coefficient (Wildman–Crippen LogP) is 2.65. The van der Waals surface area contributed by atoms with E-state index >= 15 is 0 Å². The maximum Gasteiger partial charge on any atom is 0.417 e. The van der Waals surface area contributed by atoms with E-state index < -0.39 is 58.3 Å². The summed E-state index contributed by atoms with van der Waals surface area (Å²) in [5.74, 6) is -2.83. The molecule has 9 heteroatoms. The number of hydrogen-bond donors (Lipinski definition) is 0. The minimum atomic E-state index is -4.79.